The smallest absolute Gasteiger partial charge is 0.477 e. The number of benzene rings is 1. The van der Waals surface area contributed by atoms with Gasteiger partial charge in [-0.15, -0.1) is 0 Å². The molecule has 1 aromatic rings. The average Bonchev–Trinajstić information content (AvgIpc) is 2.52. The number of carbonyl (C=O) groups is 3. The third-order valence-corrected chi connectivity index (χ3v) is 3.20. The van der Waals surface area contributed by atoms with Crippen LogP contribution < -0.4 is 4.74 Å². The van der Waals surface area contributed by atoms with E-state index in [1.807, 2.05) is 6.92 Å². The van der Waals surface area contributed by atoms with Gasteiger partial charge in [-0.2, -0.15) is 8.78 Å². The highest BCUT2D eigenvalue weighted by molar-refractivity contribution is 5.90. The van der Waals surface area contributed by atoms with Crippen molar-refractivity contribution >= 4 is 18.1 Å². The molecule has 138 valence electrons. The molecule has 0 aromatic heterocycles. The molecule has 9 heteroatoms. The number of halogens is 2. The van der Waals surface area contributed by atoms with Crippen molar-refractivity contribution in [2.45, 2.75) is 38.7 Å². The molecule has 0 aliphatic carbocycles. The molecule has 1 aromatic carbocycles. The molecule has 1 N–H and O–H groups in total. The largest absolute Gasteiger partial charge is 0.514 e. The molecule has 0 aliphatic heterocycles. The minimum Gasteiger partial charge on any atom is -0.477 e. The molecule has 0 bridgehead atoms. The van der Waals surface area contributed by atoms with Gasteiger partial charge in [-0.1, -0.05) is 6.92 Å². The predicted molar refractivity (Wildman–Crippen MR) is 80.8 cm³/mol. The van der Waals surface area contributed by atoms with Gasteiger partial charge in [0.1, 0.15) is 11.4 Å². The molecule has 0 amide bonds. The molecule has 0 saturated carbocycles. The van der Waals surface area contributed by atoms with E-state index in [1.165, 1.54) is 24.3 Å². The van der Waals surface area contributed by atoms with Crippen LogP contribution in [0, 0.1) is 0 Å². The van der Waals surface area contributed by atoms with Gasteiger partial charge in [0.05, 0.1) is 5.56 Å². The van der Waals surface area contributed by atoms with Gasteiger partial charge in [-0.25, -0.2) is 14.4 Å². The average molecular weight is 360 g/mol. The van der Waals surface area contributed by atoms with Crippen LogP contribution in [-0.4, -0.2) is 41.3 Å². The zero-order valence-electron chi connectivity index (χ0n) is 13.9. The second kappa shape index (κ2) is 7.91. The Morgan fingerprint density at radius 2 is 1.68 bits per heavy atom. The number of alkyl halides is 2. The molecule has 7 nitrogen and oxygen atoms in total. The highest BCUT2D eigenvalue weighted by atomic mass is 19.3. The summed E-state index contributed by atoms with van der Waals surface area (Å²) in [6.45, 7) is 3.67. The summed E-state index contributed by atoms with van der Waals surface area (Å²) in [5.74, 6) is -7.63. The summed E-state index contributed by atoms with van der Waals surface area (Å²) >= 11 is 0. The van der Waals surface area contributed by atoms with Crippen molar-refractivity contribution in [1.82, 2.24) is 0 Å². The van der Waals surface area contributed by atoms with Crippen LogP contribution in [0.1, 0.15) is 37.6 Å². The second-order valence-electron chi connectivity index (χ2n) is 5.68. The van der Waals surface area contributed by atoms with Gasteiger partial charge < -0.3 is 19.3 Å². The molecule has 0 saturated heterocycles. The zero-order valence-corrected chi connectivity index (χ0v) is 13.9. The Kier molecular flexibility index (Phi) is 6.43. The van der Waals surface area contributed by atoms with Crippen molar-refractivity contribution in [2.75, 3.05) is 6.61 Å². The van der Waals surface area contributed by atoms with Gasteiger partial charge in [-0.3, -0.25) is 0 Å². The lowest BCUT2D eigenvalue weighted by atomic mass is 10.1. The number of hydrogen-bond acceptors (Lipinski definition) is 6. The van der Waals surface area contributed by atoms with E-state index in [2.05, 4.69) is 4.74 Å². The van der Waals surface area contributed by atoms with Crippen molar-refractivity contribution < 1.29 is 42.5 Å². The van der Waals surface area contributed by atoms with Gasteiger partial charge in [-0.05, 0) is 44.5 Å². The maximum Gasteiger partial charge on any atom is 0.514 e. The van der Waals surface area contributed by atoms with Crippen molar-refractivity contribution in [3.8, 4) is 5.75 Å². The van der Waals surface area contributed by atoms with E-state index in [0.29, 0.717) is 6.42 Å². The van der Waals surface area contributed by atoms with Crippen molar-refractivity contribution in [1.29, 1.82) is 0 Å². The highest BCUT2D eigenvalue weighted by Crippen LogP contribution is 2.19. The first-order chi connectivity index (χ1) is 11.5. The van der Waals surface area contributed by atoms with E-state index in [0.717, 1.165) is 0 Å². The van der Waals surface area contributed by atoms with E-state index in [1.54, 1.807) is 13.8 Å². The Bertz CT molecular complexity index is 638. The molecule has 0 spiro atoms. The quantitative estimate of drug-likeness (QED) is 0.588. The minimum atomic E-state index is -4.17. The second-order valence-corrected chi connectivity index (χ2v) is 5.68. The molecule has 1 rings (SSSR count). The zero-order chi connectivity index (χ0) is 19.3. The summed E-state index contributed by atoms with van der Waals surface area (Å²) in [7, 11) is 0. The first-order valence-corrected chi connectivity index (χ1v) is 7.26. The first-order valence-electron chi connectivity index (χ1n) is 7.26. The standard InChI is InChI=1S/C16H18F2O7/c1-4-15(2,3)25-14(22)24-11-7-5-10(6-8-11)12(19)23-9-16(17,18)13(20)21/h5-8H,4,9H2,1-3H3,(H,20,21). The van der Waals surface area contributed by atoms with Gasteiger partial charge in [0.25, 0.3) is 0 Å². The van der Waals surface area contributed by atoms with Crippen LogP contribution in [0.4, 0.5) is 13.6 Å². The van der Waals surface area contributed by atoms with Gasteiger partial charge >= 0.3 is 24.0 Å². The number of ether oxygens (including phenoxy) is 3. The molecule has 25 heavy (non-hydrogen) atoms. The summed E-state index contributed by atoms with van der Waals surface area (Å²) in [5, 5.41) is 8.24. The predicted octanol–water partition coefficient (Wildman–Crippen LogP) is 3.27. The van der Waals surface area contributed by atoms with Crippen molar-refractivity contribution in [3.63, 3.8) is 0 Å². The number of hydrogen-bond donors (Lipinski definition) is 1. The minimum absolute atomic E-state index is 0.0734. The van der Waals surface area contributed by atoms with Crippen molar-refractivity contribution in [2.24, 2.45) is 0 Å². The summed E-state index contributed by atoms with van der Waals surface area (Å²) in [6, 6.07) is 4.84. The summed E-state index contributed by atoms with van der Waals surface area (Å²) in [4.78, 5) is 33.4. The number of carboxylic acid groups (broad SMARTS) is 1. The molecule has 0 fully saturated rings. The van der Waals surface area contributed by atoms with Crippen LogP contribution in [-0.2, 0) is 14.3 Å². The molecule has 0 unspecified atom stereocenters. The monoisotopic (exact) mass is 360 g/mol. The van der Waals surface area contributed by atoms with Gasteiger partial charge in [0.2, 0.25) is 0 Å². The van der Waals surface area contributed by atoms with Crippen LogP contribution in [0.25, 0.3) is 0 Å². The Labute approximate surface area is 142 Å². The van der Waals surface area contributed by atoms with Crippen molar-refractivity contribution in [3.05, 3.63) is 29.8 Å². The van der Waals surface area contributed by atoms with Crippen LogP contribution in [0.15, 0.2) is 24.3 Å². The fraction of sp³-hybridized carbons (Fsp3) is 0.438. The van der Waals surface area contributed by atoms with E-state index in [-0.39, 0.29) is 11.3 Å². The Morgan fingerprint density at radius 1 is 1.12 bits per heavy atom. The molecule has 0 aliphatic rings. The van der Waals surface area contributed by atoms with Crippen LogP contribution in [0.3, 0.4) is 0 Å². The van der Waals surface area contributed by atoms with Gasteiger partial charge in [0.15, 0.2) is 6.61 Å². The normalized spacial score (nSPS) is 11.6. The van der Waals surface area contributed by atoms with E-state index < -0.39 is 36.2 Å². The maximum atomic E-state index is 12.8. The lowest BCUT2D eigenvalue weighted by Gasteiger charge is -2.22. The summed E-state index contributed by atoms with van der Waals surface area (Å²) < 4.78 is 39.9. The lowest BCUT2D eigenvalue weighted by molar-refractivity contribution is -0.170. The van der Waals surface area contributed by atoms with Crippen LogP contribution in [0.5, 0.6) is 5.75 Å². The third-order valence-electron chi connectivity index (χ3n) is 3.20. The van der Waals surface area contributed by atoms with E-state index in [4.69, 9.17) is 14.6 Å². The maximum absolute atomic E-state index is 12.8. The van der Waals surface area contributed by atoms with Gasteiger partial charge in [0, 0.05) is 0 Å². The SMILES string of the molecule is CCC(C)(C)OC(=O)Oc1ccc(C(=O)OCC(F)(F)C(=O)O)cc1. The van der Waals surface area contributed by atoms with Crippen LogP contribution >= 0.6 is 0 Å². The van der Waals surface area contributed by atoms with E-state index >= 15 is 0 Å². The Hall–Kier alpha value is -2.71. The molecule has 0 atom stereocenters. The molecular weight excluding hydrogens is 342 g/mol. The lowest BCUT2D eigenvalue weighted by Crippen LogP contribution is -2.34. The molecule has 0 radical (unpaired) electrons. The number of aliphatic carboxylic acids is 1. The summed E-state index contributed by atoms with van der Waals surface area (Å²) in [6.07, 6.45) is -0.350. The number of carbonyl (C=O) groups excluding carboxylic acids is 2. The molecular formula is C16H18F2O7. The fourth-order valence-corrected chi connectivity index (χ4v) is 1.38. The van der Waals surface area contributed by atoms with Crippen LogP contribution in [0.2, 0.25) is 0 Å². The molecule has 0 heterocycles. The highest BCUT2D eigenvalue weighted by Gasteiger charge is 2.40. The third kappa shape index (κ3) is 6.36. The fourth-order valence-electron chi connectivity index (χ4n) is 1.38. The Balaban J connectivity index is 2.62. The summed E-state index contributed by atoms with van der Waals surface area (Å²) in [5.41, 5.74) is -0.813. The number of carboxylic acids is 1. The van der Waals surface area contributed by atoms with E-state index in [9.17, 15) is 23.2 Å². The number of rotatable bonds is 7. The Morgan fingerprint density at radius 3 is 2.16 bits per heavy atom. The first kappa shape index (κ1) is 20.3. The topological polar surface area (TPSA) is 99.1 Å². The number of esters is 1.